The van der Waals surface area contributed by atoms with E-state index in [-0.39, 0.29) is 18.5 Å². The number of benzene rings is 2. The van der Waals surface area contributed by atoms with Gasteiger partial charge >= 0.3 is 6.03 Å². The SMILES string of the molecule is Cc1ccc(NC(=O)N2CCN(C(=O)COc3ccc(Cl)cc3)CC2)cc1Cl. The van der Waals surface area contributed by atoms with E-state index in [4.69, 9.17) is 27.9 Å². The normalized spacial score (nSPS) is 14.0. The van der Waals surface area contributed by atoms with Crippen molar-refractivity contribution in [2.75, 3.05) is 38.1 Å². The lowest BCUT2D eigenvalue weighted by Gasteiger charge is -2.34. The molecule has 0 unspecified atom stereocenters. The molecule has 6 nitrogen and oxygen atoms in total. The smallest absolute Gasteiger partial charge is 0.321 e. The van der Waals surface area contributed by atoms with Crippen molar-refractivity contribution in [3.63, 3.8) is 0 Å². The third-order valence-corrected chi connectivity index (χ3v) is 5.18. The third-order valence-electron chi connectivity index (χ3n) is 4.52. The Kier molecular flexibility index (Phi) is 6.65. The predicted molar refractivity (Wildman–Crippen MR) is 110 cm³/mol. The third kappa shape index (κ3) is 5.30. The van der Waals surface area contributed by atoms with Crippen LogP contribution >= 0.6 is 23.2 Å². The van der Waals surface area contributed by atoms with Crippen molar-refractivity contribution < 1.29 is 14.3 Å². The van der Waals surface area contributed by atoms with Crippen molar-refractivity contribution in [2.45, 2.75) is 6.92 Å². The second-order valence-electron chi connectivity index (χ2n) is 6.50. The molecule has 1 aliphatic heterocycles. The number of anilines is 1. The number of halogens is 2. The van der Waals surface area contributed by atoms with Crippen molar-refractivity contribution in [1.82, 2.24) is 9.80 Å². The van der Waals surface area contributed by atoms with Crippen LogP contribution in [0.5, 0.6) is 5.75 Å². The summed E-state index contributed by atoms with van der Waals surface area (Å²) in [5, 5.41) is 4.06. The molecule has 148 valence electrons. The number of aryl methyl sites for hydroxylation is 1. The minimum atomic E-state index is -0.204. The number of nitrogens with zero attached hydrogens (tertiary/aromatic N) is 2. The van der Waals surface area contributed by atoms with Gasteiger partial charge in [0.25, 0.3) is 5.91 Å². The van der Waals surface area contributed by atoms with Crippen LogP contribution in [0.4, 0.5) is 10.5 Å². The minimum Gasteiger partial charge on any atom is -0.484 e. The van der Waals surface area contributed by atoms with E-state index in [0.717, 1.165) is 5.56 Å². The zero-order chi connectivity index (χ0) is 20.1. The van der Waals surface area contributed by atoms with E-state index in [0.29, 0.717) is 47.7 Å². The molecule has 2 aromatic carbocycles. The number of ether oxygens (including phenoxy) is 1. The Morgan fingerprint density at radius 3 is 2.29 bits per heavy atom. The van der Waals surface area contributed by atoms with Gasteiger partial charge in [-0.3, -0.25) is 4.79 Å². The van der Waals surface area contributed by atoms with Crippen molar-refractivity contribution in [3.8, 4) is 5.75 Å². The fourth-order valence-electron chi connectivity index (χ4n) is 2.80. The lowest BCUT2D eigenvalue weighted by atomic mass is 10.2. The highest BCUT2D eigenvalue weighted by Crippen LogP contribution is 2.20. The van der Waals surface area contributed by atoms with E-state index in [9.17, 15) is 9.59 Å². The molecule has 0 bridgehead atoms. The standard InChI is InChI=1S/C20H21Cl2N3O3/c1-14-2-5-16(12-18(14)22)23-20(27)25-10-8-24(9-11-25)19(26)13-28-17-6-3-15(21)4-7-17/h2-7,12H,8-11,13H2,1H3,(H,23,27). The first-order valence-electron chi connectivity index (χ1n) is 8.90. The highest BCUT2D eigenvalue weighted by molar-refractivity contribution is 6.31. The molecule has 1 saturated heterocycles. The van der Waals surface area contributed by atoms with Crippen LogP contribution in [0.1, 0.15) is 5.56 Å². The predicted octanol–water partition coefficient (Wildman–Crippen LogP) is 4.06. The fourth-order valence-corrected chi connectivity index (χ4v) is 3.11. The Morgan fingerprint density at radius 1 is 1.00 bits per heavy atom. The second-order valence-corrected chi connectivity index (χ2v) is 7.35. The van der Waals surface area contributed by atoms with Crippen molar-refractivity contribution in [2.24, 2.45) is 0 Å². The van der Waals surface area contributed by atoms with Gasteiger partial charge in [-0.05, 0) is 48.9 Å². The summed E-state index contributed by atoms with van der Waals surface area (Å²) in [5.74, 6) is 0.479. The van der Waals surface area contributed by atoms with E-state index < -0.39 is 0 Å². The van der Waals surface area contributed by atoms with Gasteiger partial charge in [-0.25, -0.2) is 4.79 Å². The van der Waals surface area contributed by atoms with Crippen LogP contribution in [0, 0.1) is 6.92 Å². The molecule has 0 aliphatic carbocycles. The lowest BCUT2D eigenvalue weighted by molar-refractivity contribution is -0.134. The Labute approximate surface area is 174 Å². The summed E-state index contributed by atoms with van der Waals surface area (Å²) in [6.45, 7) is 3.70. The molecule has 1 N–H and O–H groups in total. The summed E-state index contributed by atoms with van der Waals surface area (Å²) in [6.07, 6.45) is 0. The average molecular weight is 422 g/mol. The second kappa shape index (κ2) is 9.17. The zero-order valence-electron chi connectivity index (χ0n) is 15.5. The molecule has 8 heteroatoms. The van der Waals surface area contributed by atoms with E-state index in [2.05, 4.69) is 5.32 Å². The van der Waals surface area contributed by atoms with Crippen LogP contribution in [0.3, 0.4) is 0 Å². The van der Waals surface area contributed by atoms with E-state index >= 15 is 0 Å². The summed E-state index contributed by atoms with van der Waals surface area (Å²) in [4.78, 5) is 28.1. The Bertz CT molecular complexity index is 850. The highest BCUT2D eigenvalue weighted by atomic mass is 35.5. The number of urea groups is 1. The molecule has 1 heterocycles. The molecule has 3 amide bonds. The van der Waals surface area contributed by atoms with Gasteiger partial charge in [-0.1, -0.05) is 29.3 Å². The van der Waals surface area contributed by atoms with E-state index in [1.165, 1.54) is 0 Å². The number of piperazine rings is 1. The van der Waals surface area contributed by atoms with Gasteiger partial charge in [-0.2, -0.15) is 0 Å². The maximum atomic E-state index is 12.4. The molecule has 0 radical (unpaired) electrons. The Hall–Kier alpha value is -2.44. The summed E-state index contributed by atoms with van der Waals surface area (Å²) in [6, 6.07) is 12.0. The van der Waals surface area contributed by atoms with Crippen LogP contribution < -0.4 is 10.1 Å². The molecule has 28 heavy (non-hydrogen) atoms. The molecule has 1 aliphatic rings. The maximum Gasteiger partial charge on any atom is 0.321 e. The number of hydrogen-bond acceptors (Lipinski definition) is 3. The zero-order valence-corrected chi connectivity index (χ0v) is 17.0. The molecule has 1 fully saturated rings. The van der Waals surface area contributed by atoms with Crippen molar-refractivity contribution >= 4 is 40.8 Å². The summed E-state index contributed by atoms with van der Waals surface area (Å²) >= 11 is 11.9. The monoisotopic (exact) mass is 421 g/mol. The van der Waals surface area contributed by atoms with E-state index in [1.54, 1.807) is 40.1 Å². The topological polar surface area (TPSA) is 61.9 Å². The quantitative estimate of drug-likeness (QED) is 0.809. The summed E-state index contributed by atoms with van der Waals surface area (Å²) in [5.41, 5.74) is 1.60. The van der Waals surface area contributed by atoms with Gasteiger partial charge in [0.05, 0.1) is 0 Å². The first-order valence-corrected chi connectivity index (χ1v) is 9.66. The Morgan fingerprint density at radius 2 is 1.64 bits per heavy atom. The highest BCUT2D eigenvalue weighted by Gasteiger charge is 2.24. The van der Waals surface area contributed by atoms with Crippen LogP contribution in [0.15, 0.2) is 42.5 Å². The van der Waals surface area contributed by atoms with Crippen LogP contribution in [-0.4, -0.2) is 54.5 Å². The maximum absolute atomic E-state index is 12.4. The summed E-state index contributed by atoms with van der Waals surface area (Å²) < 4.78 is 5.49. The number of carbonyl (C=O) groups excluding carboxylic acids is 2. The van der Waals surface area contributed by atoms with Crippen molar-refractivity contribution in [3.05, 3.63) is 58.1 Å². The van der Waals surface area contributed by atoms with Gasteiger partial charge in [0.1, 0.15) is 5.75 Å². The molecule has 2 aromatic rings. The summed E-state index contributed by atoms with van der Waals surface area (Å²) in [7, 11) is 0. The molecule has 0 atom stereocenters. The van der Waals surface area contributed by atoms with E-state index in [1.807, 2.05) is 19.1 Å². The molecule has 0 spiro atoms. The fraction of sp³-hybridized carbons (Fsp3) is 0.300. The largest absolute Gasteiger partial charge is 0.484 e. The number of nitrogens with one attached hydrogen (secondary N) is 1. The number of carbonyl (C=O) groups is 2. The van der Waals surface area contributed by atoms with Gasteiger partial charge in [0.15, 0.2) is 6.61 Å². The number of rotatable bonds is 4. The molecule has 0 saturated carbocycles. The number of hydrogen-bond donors (Lipinski definition) is 1. The Balaban J connectivity index is 1.45. The molecular formula is C20H21Cl2N3O3. The van der Waals surface area contributed by atoms with Gasteiger partial charge in [-0.15, -0.1) is 0 Å². The average Bonchev–Trinajstić information content (AvgIpc) is 2.70. The first kappa shape index (κ1) is 20.3. The van der Waals surface area contributed by atoms with Crippen LogP contribution in [0.2, 0.25) is 10.0 Å². The molecule has 0 aromatic heterocycles. The molecular weight excluding hydrogens is 401 g/mol. The first-order chi connectivity index (χ1) is 13.4. The van der Waals surface area contributed by atoms with Gasteiger partial charge in [0.2, 0.25) is 0 Å². The van der Waals surface area contributed by atoms with Gasteiger partial charge < -0.3 is 19.9 Å². The minimum absolute atomic E-state index is 0.0459. The van der Waals surface area contributed by atoms with Gasteiger partial charge in [0, 0.05) is 41.9 Å². The van der Waals surface area contributed by atoms with Crippen molar-refractivity contribution in [1.29, 1.82) is 0 Å². The van der Waals surface area contributed by atoms with Crippen LogP contribution in [0.25, 0.3) is 0 Å². The number of amides is 3. The lowest BCUT2D eigenvalue weighted by Crippen LogP contribution is -2.52. The molecule has 3 rings (SSSR count). The van der Waals surface area contributed by atoms with Crippen LogP contribution in [-0.2, 0) is 4.79 Å².